The fraction of sp³-hybridized carbons (Fsp3) is 0.400. The monoisotopic (exact) mass is 217 g/mol. The summed E-state index contributed by atoms with van der Waals surface area (Å²) in [6.45, 7) is 2.46. The lowest BCUT2D eigenvalue weighted by molar-refractivity contribution is 0.389. The summed E-state index contributed by atoms with van der Waals surface area (Å²) in [6, 6.07) is 3.84. The van der Waals surface area contributed by atoms with Crippen LogP contribution in [0.2, 0.25) is 0 Å². The third-order valence-corrected chi connectivity index (χ3v) is 2.02. The molecule has 0 aromatic heterocycles. The number of hydrogen-bond acceptors (Lipinski definition) is 3. The van der Waals surface area contributed by atoms with Crippen molar-refractivity contribution in [3.05, 3.63) is 23.3 Å². The van der Waals surface area contributed by atoms with Crippen LogP contribution in [-0.2, 0) is 6.54 Å². The van der Waals surface area contributed by atoms with Gasteiger partial charge in [-0.2, -0.15) is 0 Å². The van der Waals surface area contributed by atoms with Gasteiger partial charge in [0.25, 0.3) is 0 Å². The van der Waals surface area contributed by atoms with Crippen LogP contribution in [0.5, 0.6) is 11.5 Å². The van der Waals surface area contributed by atoms with Gasteiger partial charge in [-0.15, -0.1) is 12.4 Å². The minimum absolute atomic E-state index is 0. The average molecular weight is 218 g/mol. The predicted molar refractivity (Wildman–Crippen MR) is 59.4 cm³/mol. The van der Waals surface area contributed by atoms with E-state index in [1.165, 1.54) is 0 Å². The molecule has 0 heterocycles. The maximum atomic E-state index is 5.57. The Bertz CT molecular complexity index is 302. The Morgan fingerprint density at radius 1 is 1.14 bits per heavy atom. The molecule has 80 valence electrons. The second kappa shape index (κ2) is 5.73. The van der Waals surface area contributed by atoms with Gasteiger partial charge >= 0.3 is 0 Å². The van der Waals surface area contributed by atoms with E-state index in [0.29, 0.717) is 6.54 Å². The summed E-state index contributed by atoms with van der Waals surface area (Å²) >= 11 is 0. The van der Waals surface area contributed by atoms with Crippen molar-refractivity contribution in [3.63, 3.8) is 0 Å². The molecule has 0 fully saturated rings. The van der Waals surface area contributed by atoms with Crippen molar-refractivity contribution in [2.75, 3.05) is 14.2 Å². The molecule has 1 rings (SSSR count). The lowest BCUT2D eigenvalue weighted by atomic mass is 10.1. The molecular weight excluding hydrogens is 202 g/mol. The van der Waals surface area contributed by atoms with Crippen LogP contribution in [-0.4, -0.2) is 14.2 Å². The van der Waals surface area contributed by atoms with Gasteiger partial charge in [-0.25, -0.2) is 0 Å². The summed E-state index contributed by atoms with van der Waals surface area (Å²) in [7, 11) is 3.27. The van der Waals surface area contributed by atoms with Crippen molar-refractivity contribution in [2.24, 2.45) is 5.73 Å². The molecule has 0 aliphatic rings. The Balaban J connectivity index is 0.00000169. The summed E-state index contributed by atoms with van der Waals surface area (Å²) in [5.41, 5.74) is 7.64. The van der Waals surface area contributed by atoms with E-state index < -0.39 is 0 Å². The van der Waals surface area contributed by atoms with Crippen molar-refractivity contribution >= 4 is 12.4 Å². The first-order chi connectivity index (χ1) is 6.22. The molecule has 0 saturated carbocycles. The van der Waals surface area contributed by atoms with E-state index in [-0.39, 0.29) is 12.4 Å². The van der Waals surface area contributed by atoms with Crippen molar-refractivity contribution in [2.45, 2.75) is 13.5 Å². The van der Waals surface area contributed by atoms with Gasteiger partial charge in [0.2, 0.25) is 0 Å². The summed E-state index contributed by atoms with van der Waals surface area (Å²) in [5.74, 6) is 1.61. The van der Waals surface area contributed by atoms with E-state index >= 15 is 0 Å². The van der Waals surface area contributed by atoms with Gasteiger partial charge in [-0.1, -0.05) is 0 Å². The SMILES string of the molecule is COc1cc(OC)c(CN)cc1C.Cl. The first-order valence-electron chi connectivity index (χ1n) is 4.14. The number of nitrogens with two attached hydrogens (primary N) is 1. The van der Waals surface area contributed by atoms with Gasteiger partial charge in [0.05, 0.1) is 14.2 Å². The van der Waals surface area contributed by atoms with Gasteiger partial charge in [-0.05, 0) is 18.6 Å². The number of hydrogen-bond donors (Lipinski definition) is 1. The first-order valence-corrected chi connectivity index (χ1v) is 4.14. The van der Waals surface area contributed by atoms with Crippen LogP contribution in [0.1, 0.15) is 11.1 Å². The van der Waals surface area contributed by atoms with E-state index in [2.05, 4.69) is 0 Å². The van der Waals surface area contributed by atoms with E-state index in [0.717, 1.165) is 22.6 Å². The predicted octanol–water partition coefficient (Wildman–Crippen LogP) is 1.89. The molecule has 1 aromatic rings. The molecule has 3 nitrogen and oxygen atoms in total. The minimum atomic E-state index is 0. The highest BCUT2D eigenvalue weighted by Crippen LogP contribution is 2.27. The number of ether oxygens (including phenoxy) is 2. The van der Waals surface area contributed by atoms with Crippen molar-refractivity contribution in [1.29, 1.82) is 0 Å². The highest BCUT2D eigenvalue weighted by Gasteiger charge is 2.06. The summed E-state index contributed by atoms with van der Waals surface area (Å²) in [6.07, 6.45) is 0. The van der Waals surface area contributed by atoms with Crippen LogP contribution in [0.3, 0.4) is 0 Å². The van der Waals surface area contributed by atoms with Crippen molar-refractivity contribution in [1.82, 2.24) is 0 Å². The molecule has 0 bridgehead atoms. The topological polar surface area (TPSA) is 44.5 Å². The third kappa shape index (κ3) is 2.53. The zero-order valence-corrected chi connectivity index (χ0v) is 9.48. The van der Waals surface area contributed by atoms with Crippen molar-refractivity contribution < 1.29 is 9.47 Å². The van der Waals surface area contributed by atoms with Gasteiger partial charge in [0.15, 0.2) is 0 Å². The summed E-state index contributed by atoms with van der Waals surface area (Å²) in [4.78, 5) is 0. The average Bonchev–Trinajstić information content (AvgIpc) is 2.17. The fourth-order valence-electron chi connectivity index (χ4n) is 1.30. The Morgan fingerprint density at radius 2 is 1.71 bits per heavy atom. The lowest BCUT2D eigenvalue weighted by Gasteiger charge is -2.11. The van der Waals surface area contributed by atoms with Crippen LogP contribution >= 0.6 is 12.4 Å². The zero-order valence-electron chi connectivity index (χ0n) is 8.66. The number of halogens is 1. The molecule has 0 amide bonds. The summed E-state index contributed by atoms with van der Waals surface area (Å²) < 4.78 is 10.3. The van der Waals surface area contributed by atoms with Gasteiger partial charge in [0.1, 0.15) is 11.5 Å². The maximum absolute atomic E-state index is 5.57. The molecule has 0 aliphatic heterocycles. The van der Waals surface area contributed by atoms with E-state index in [9.17, 15) is 0 Å². The molecule has 0 spiro atoms. The molecule has 14 heavy (non-hydrogen) atoms. The Kier molecular flexibility index (Phi) is 5.35. The van der Waals surface area contributed by atoms with Gasteiger partial charge in [-0.3, -0.25) is 0 Å². The zero-order chi connectivity index (χ0) is 9.84. The molecule has 0 aliphatic carbocycles. The quantitative estimate of drug-likeness (QED) is 0.841. The molecule has 0 saturated heterocycles. The molecule has 1 aromatic carbocycles. The first kappa shape index (κ1) is 13.1. The van der Waals surface area contributed by atoms with Crippen LogP contribution in [0.15, 0.2) is 12.1 Å². The molecule has 2 N–H and O–H groups in total. The summed E-state index contributed by atoms with van der Waals surface area (Å²) in [5, 5.41) is 0. The molecule has 4 heteroatoms. The molecule has 0 radical (unpaired) electrons. The van der Waals surface area contributed by atoms with Gasteiger partial charge < -0.3 is 15.2 Å². The molecule has 0 atom stereocenters. The number of rotatable bonds is 3. The van der Waals surface area contributed by atoms with Crippen molar-refractivity contribution in [3.8, 4) is 11.5 Å². The van der Waals surface area contributed by atoms with E-state index in [1.807, 2.05) is 19.1 Å². The van der Waals surface area contributed by atoms with Crippen LogP contribution in [0.4, 0.5) is 0 Å². The smallest absolute Gasteiger partial charge is 0.127 e. The van der Waals surface area contributed by atoms with Gasteiger partial charge in [0, 0.05) is 18.2 Å². The maximum Gasteiger partial charge on any atom is 0.127 e. The van der Waals surface area contributed by atoms with E-state index in [4.69, 9.17) is 15.2 Å². The van der Waals surface area contributed by atoms with Crippen LogP contribution < -0.4 is 15.2 Å². The standard InChI is InChI=1S/C10H15NO2.ClH/c1-7-4-8(6-11)10(13-3)5-9(7)12-2;/h4-5H,6,11H2,1-3H3;1H. The minimum Gasteiger partial charge on any atom is -0.496 e. The number of aryl methyl sites for hydroxylation is 1. The van der Waals surface area contributed by atoms with E-state index in [1.54, 1.807) is 14.2 Å². The normalized spacial score (nSPS) is 9.14. The second-order valence-corrected chi connectivity index (χ2v) is 2.84. The fourth-order valence-corrected chi connectivity index (χ4v) is 1.30. The largest absolute Gasteiger partial charge is 0.496 e. The van der Waals surface area contributed by atoms with Crippen LogP contribution in [0.25, 0.3) is 0 Å². The van der Waals surface area contributed by atoms with Crippen LogP contribution in [0, 0.1) is 6.92 Å². The number of benzene rings is 1. The highest BCUT2D eigenvalue weighted by molar-refractivity contribution is 5.85. The second-order valence-electron chi connectivity index (χ2n) is 2.84. The Morgan fingerprint density at radius 3 is 2.14 bits per heavy atom. The Labute approximate surface area is 90.6 Å². The highest BCUT2D eigenvalue weighted by atomic mass is 35.5. The lowest BCUT2D eigenvalue weighted by Crippen LogP contribution is -2.01. The Hall–Kier alpha value is -0.930. The number of methoxy groups -OCH3 is 2. The molecular formula is C10H16ClNO2. The third-order valence-electron chi connectivity index (χ3n) is 2.02. The molecule has 0 unspecified atom stereocenters.